The van der Waals surface area contributed by atoms with Crippen LogP contribution in [-0.2, 0) is 10.0 Å². The molecule has 0 aliphatic heterocycles. The van der Waals surface area contributed by atoms with Crippen molar-refractivity contribution in [2.75, 3.05) is 19.4 Å². The first-order chi connectivity index (χ1) is 11.1. The zero-order valence-electron chi connectivity index (χ0n) is 13.4. The van der Waals surface area contributed by atoms with Crippen molar-refractivity contribution < 1.29 is 18.3 Å². The van der Waals surface area contributed by atoms with E-state index in [1.165, 1.54) is 32.3 Å². The second-order valence-electron chi connectivity index (χ2n) is 5.40. The average molecular weight is 460 g/mol. The van der Waals surface area contributed by atoms with Gasteiger partial charge < -0.3 is 10.4 Å². The molecule has 0 atom stereocenters. The molecule has 0 heterocycles. The van der Waals surface area contributed by atoms with Crippen LogP contribution in [0.5, 0.6) is 5.75 Å². The van der Waals surface area contributed by atoms with E-state index in [2.05, 4.69) is 5.32 Å². The molecule has 0 spiro atoms. The molecular formula is C16H17IN2O4S. The van der Waals surface area contributed by atoms with Crippen LogP contribution in [0.4, 0.5) is 5.69 Å². The summed E-state index contributed by atoms with van der Waals surface area (Å²) in [4.78, 5) is 12.5. The van der Waals surface area contributed by atoms with Gasteiger partial charge in [-0.25, -0.2) is 12.7 Å². The standard InChI is InChI=1S/C16H17IN2O4S/c1-10-4-7-15(20)14(8-10)18-16(21)12-9-11(5-6-13(12)17)24(22,23)19(2)3/h4-9,20H,1-3H3,(H,18,21). The summed E-state index contributed by atoms with van der Waals surface area (Å²) in [6, 6.07) is 9.21. The number of sulfonamides is 1. The summed E-state index contributed by atoms with van der Waals surface area (Å²) in [5.74, 6) is -0.544. The highest BCUT2D eigenvalue weighted by atomic mass is 127. The van der Waals surface area contributed by atoms with Crippen molar-refractivity contribution in [1.29, 1.82) is 0 Å². The van der Waals surface area contributed by atoms with Gasteiger partial charge >= 0.3 is 0 Å². The van der Waals surface area contributed by atoms with Gasteiger partial charge in [0, 0.05) is 17.7 Å². The summed E-state index contributed by atoms with van der Waals surface area (Å²) in [7, 11) is -0.780. The second kappa shape index (κ2) is 7.08. The zero-order chi connectivity index (χ0) is 18.1. The van der Waals surface area contributed by atoms with Gasteiger partial charge in [-0.1, -0.05) is 6.07 Å². The summed E-state index contributed by atoms with van der Waals surface area (Å²) in [5.41, 5.74) is 1.37. The molecule has 0 radical (unpaired) electrons. The fourth-order valence-corrected chi connectivity index (χ4v) is 3.50. The van der Waals surface area contributed by atoms with Crippen LogP contribution in [-0.4, -0.2) is 37.8 Å². The Morgan fingerprint density at radius 2 is 1.83 bits per heavy atom. The number of rotatable bonds is 4. The lowest BCUT2D eigenvalue weighted by molar-refractivity contribution is 0.102. The van der Waals surface area contributed by atoms with Gasteiger partial charge in [-0.3, -0.25) is 4.79 Å². The molecule has 0 unspecified atom stereocenters. The molecule has 2 aromatic carbocycles. The van der Waals surface area contributed by atoms with Crippen molar-refractivity contribution in [2.45, 2.75) is 11.8 Å². The molecule has 24 heavy (non-hydrogen) atoms. The Morgan fingerprint density at radius 3 is 2.46 bits per heavy atom. The van der Waals surface area contributed by atoms with Crippen LogP contribution in [0.25, 0.3) is 0 Å². The summed E-state index contributed by atoms with van der Waals surface area (Å²) < 4.78 is 26.1. The first-order valence-electron chi connectivity index (χ1n) is 6.96. The van der Waals surface area contributed by atoms with E-state index >= 15 is 0 Å². The number of phenolic OH excluding ortho intramolecular Hbond substituents is 1. The van der Waals surface area contributed by atoms with E-state index in [9.17, 15) is 18.3 Å². The number of aryl methyl sites for hydroxylation is 1. The topological polar surface area (TPSA) is 86.7 Å². The van der Waals surface area contributed by atoms with Crippen LogP contribution in [0.2, 0.25) is 0 Å². The fraction of sp³-hybridized carbons (Fsp3) is 0.188. The molecule has 6 nitrogen and oxygen atoms in total. The van der Waals surface area contributed by atoms with Gasteiger partial charge in [-0.15, -0.1) is 0 Å². The molecule has 0 aliphatic rings. The van der Waals surface area contributed by atoms with Gasteiger partial charge in [0.2, 0.25) is 10.0 Å². The van der Waals surface area contributed by atoms with E-state index < -0.39 is 15.9 Å². The van der Waals surface area contributed by atoms with Gasteiger partial charge in [0.05, 0.1) is 16.1 Å². The lowest BCUT2D eigenvalue weighted by Gasteiger charge is -2.14. The predicted molar refractivity (Wildman–Crippen MR) is 101 cm³/mol. The van der Waals surface area contributed by atoms with Crippen LogP contribution in [0.15, 0.2) is 41.3 Å². The van der Waals surface area contributed by atoms with Gasteiger partial charge in [0.25, 0.3) is 5.91 Å². The Kier molecular flexibility index (Phi) is 5.51. The number of hydrogen-bond donors (Lipinski definition) is 2. The number of nitrogens with one attached hydrogen (secondary N) is 1. The monoisotopic (exact) mass is 460 g/mol. The number of benzene rings is 2. The highest BCUT2D eigenvalue weighted by Gasteiger charge is 2.21. The molecule has 0 saturated heterocycles. The third-order valence-electron chi connectivity index (χ3n) is 3.36. The van der Waals surface area contributed by atoms with Crippen molar-refractivity contribution in [2.24, 2.45) is 0 Å². The SMILES string of the molecule is Cc1ccc(O)c(NC(=O)c2cc(S(=O)(=O)N(C)C)ccc2I)c1. The zero-order valence-corrected chi connectivity index (χ0v) is 16.3. The van der Waals surface area contributed by atoms with Crippen LogP contribution < -0.4 is 5.32 Å². The minimum atomic E-state index is -3.64. The van der Waals surface area contributed by atoms with Gasteiger partial charge in [0.1, 0.15) is 5.75 Å². The molecule has 8 heteroatoms. The van der Waals surface area contributed by atoms with E-state index in [0.29, 0.717) is 3.57 Å². The van der Waals surface area contributed by atoms with E-state index in [-0.39, 0.29) is 21.9 Å². The number of phenols is 1. The molecule has 0 aliphatic carbocycles. The smallest absolute Gasteiger partial charge is 0.256 e. The van der Waals surface area contributed by atoms with Crippen LogP contribution in [0.1, 0.15) is 15.9 Å². The largest absolute Gasteiger partial charge is 0.506 e. The van der Waals surface area contributed by atoms with Crippen molar-refractivity contribution in [3.8, 4) is 5.75 Å². The molecule has 2 N–H and O–H groups in total. The van der Waals surface area contributed by atoms with Crippen molar-refractivity contribution in [3.63, 3.8) is 0 Å². The van der Waals surface area contributed by atoms with Gasteiger partial charge in [-0.2, -0.15) is 0 Å². The lowest BCUT2D eigenvalue weighted by atomic mass is 10.1. The van der Waals surface area contributed by atoms with Crippen LogP contribution in [0.3, 0.4) is 0 Å². The molecule has 0 aromatic heterocycles. The Bertz CT molecular complexity index is 895. The normalized spacial score (nSPS) is 11.5. The number of hydrogen-bond acceptors (Lipinski definition) is 4. The summed E-state index contributed by atoms with van der Waals surface area (Å²) in [5, 5.41) is 12.5. The Labute approximate surface area is 154 Å². The Hall–Kier alpha value is -1.65. The number of amides is 1. The van der Waals surface area contributed by atoms with E-state index in [1.807, 2.05) is 29.5 Å². The van der Waals surface area contributed by atoms with E-state index in [0.717, 1.165) is 9.87 Å². The number of nitrogens with zero attached hydrogens (tertiary/aromatic N) is 1. The minimum absolute atomic E-state index is 0.0338. The highest BCUT2D eigenvalue weighted by Crippen LogP contribution is 2.26. The summed E-state index contributed by atoms with van der Waals surface area (Å²) in [6.07, 6.45) is 0. The minimum Gasteiger partial charge on any atom is -0.506 e. The van der Waals surface area contributed by atoms with E-state index in [1.54, 1.807) is 18.2 Å². The molecule has 0 saturated carbocycles. The maximum atomic E-state index is 12.5. The van der Waals surface area contributed by atoms with Gasteiger partial charge in [0.15, 0.2) is 0 Å². The Balaban J connectivity index is 2.41. The van der Waals surface area contributed by atoms with E-state index in [4.69, 9.17) is 0 Å². The maximum absolute atomic E-state index is 12.5. The summed E-state index contributed by atoms with van der Waals surface area (Å²) in [6.45, 7) is 1.84. The number of carbonyl (C=O) groups is 1. The van der Waals surface area contributed by atoms with Crippen LogP contribution in [0, 0.1) is 10.5 Å². The summed E-state index contributed by atoms with van der Waals surface area (Å²) >= 11 is 1.96. The molecular weight excluding hydrogens is 443 g/mol. The maximum Gasteiger partial charge on any atom is 0.256 e. The van der Waals surface area contributed by atoms with Crippen molar-refractivity contribution in [1.82, 2.24) is 4.31 Å². The fourth-order valence-electron chi connectivity index (χ4n) is 1.99. The number of halogens is 1. The molecule has 2 aromatic rings. The second-order valence-corrected chi connectivity index (χ2v) is 8.72. The first kappa shape index (κ1) is 18.7. The third kappa shape index (κ3) is 3.87. The lowest BCUT2D eigenvalue weighted by Crippen LogP contribution is -2.23. The number of anilines is 1. The third-order valence-corrected chi connectivity index (χ3v) is 6.11. The highest BCUT2D eigenvalue weighted by molar-refractivity contribution is 14.1. The quantitative estimate of drug-likeness (QED) is 0.543. The first-order valence-corrected chi connectivity index (χ1v) is 9.48. The molecule has 0 fully saturated rings. The van der Waals surface area contributed by atoms with Crippen molar-refractivity contribution in [3.05, 3.63) is 51.1 Å². The number of aromatic hydroxyl groups is 1. The Morgan fingerprint density at radius 1 is 1.17 bits per heavy atom. The van der Waals surface area contributed by atoms with Crippen LogP contribution >= 0.6 is 22.6 Å². The predicted octanol–water partition coefficient (Wildman–Crippen LogP) is 2.81. The molecule has 0 bridgehead atoms. The average Bonchev–Trinajstić information content (AvgIpc) is 2.50. The van der Waals surface area contributed by atoms with Crippen molar-refractivity contribution >= 4 is 44.2 Å². The molecule has 2 rings (SSSR count). The van der Waals surface area contributed by atoms with Gasteiger partial charge in [-0.05, 0) is 65.4 Å². The molecule has 128 valence electrons. The molecule has 1 amide bonds. The number of carbonyl (C=O) groups excluding carboxylic acids is 1.